The minimum Gasteiger partial charge on any atom is -0.481 e. The molecule has 0 bridgehead atoms. The molecule has 1 amide bonds. The zero-order valence-electron chi connectivity index (χ0n) is 12.7. The highest BCUT2D eigenvalue weighted by atomic mass is 16.5. The van der Waals surface area contributed by atoms with Crippen LogP contribution in [0.2, 0.25) is 0 Å². The maximum atomic E-state index is 12.0. The number of aryl methyl sites for hydroxylation is 1. The van der Waals surface area contributed by atoms with E-state index in [1.54, 1.807) is 0 Å². The summed E-state index contributed by atoms with van der Waals surface area (Å²) in [6.07, 6.45) is 6.04. The van der Waals surface area contributed by atoms with E-state index in [4.69, 9.17) is 4.74 Å². The molecule has 4 nitrogen and oxygen atoms in total. The van der Waals surface area contributed by atoms with Crippen molar-refractivity contribution < 1.29 is 9.53 Å². The summed E-state index contributed by atoms with van der Waals surface area (Å²) in [6.45, 7) is 0.771. The minimum absolute atomic E-state index is 0.0262. The number of rotatable bonds is 3. The molecule has 4 heteroatoms. The van der Waals surface area contributed by atoms with Gasteiger partial charge in [-0.1, -0.05) is 6.07 Å². The second-order valence-electron chi connectivity index (χ2n) is 5.99. The Labute approximate surface area is 126 Å². The Hall–Kier alpha value is -1.55. The van der Waals surface area contributed by atoms with E-state index in [0.29, 0.717) is 6.04 Å². The molecule has 114 valence electrons. The van der Waals surface area contributed by atoms with E-state index in [1.165, 1.54) is 24.0 Å². The molecule has 0 aromatic heterocycles. The predicted octanol–water partition coefficient (Wildman–Crippen LogP) is 2.33. The van der Waals surface area contributed by atoms with Crippen LogP contribution in [0.5, 0.6) is 5.75 Å². The van der Waals surface area contributed by atoms with Crippen LogP contribution in [-0.2, 0) is 11.2 Å². The number of carbonyl (C=O) groups is 1. The van der Waals surface area contributed by atoms with Gasteiger partial charge in [0.2, 0.25) is 0 Å². The Balaban J connectivity index is 1.75. The maximum Gasteiger partial charge on any atom is 0.261 e. The number of amides is 1. The predicted molar refractivity (Wildman–Crippen MR) is 82.5 cm³/mol. The Morgan fingerprint density at radius 3 is 3.00 bits per heavy atom. The summed E-state index contributed by atoms with van der Waals surface area (Å²) in [7, 11) is 2.01. The van der Waals surface area contributed by atoms with Gasteiger partial charge in [0.25, 0.3) is 5.91 Å². The number of benzene rings is 1. The van der Waals surface area contributed by atoms with Crippen LogP contribution in [0.3, 0.4) is 0 Å². The molecule has 1 heterocycles. The summed E-state index contributed by atoms with van der Waals surface area (Å²) in [6, 6.07) is 6.73. The minimum atomic E-state index is -0.339. The van der Waals surface area contributed by atoms with Crippen molar-refractivity contribution in [3.8, 4) is 5.75 Å². The average molecular weight is 288 g/mol. The molecule has 1 aliphatic carbocycles. The van der Waals surface area contributed by atoms with E-state index < -0.39 is 0 Å². The van der Waals surface area contributed by atoms with Crippen molar-refractivity contribution in [3.63, 3.8) is 0 Å². The zero-order valence-corrected chi connectivity index (χ0v) is 12.7. The summed E-state index contributed by atoms with van der Waals surface area (Å²) >= 11 is 0. The van der Waals surface area contributed by atoms with E-state index in [2.05, 4.69) is 22.8 Å². The third-order valence-electron chi connectivity index (χ3n) is 4.54. The smallest absolute Gasteiger partial charge is 0.261 e. The number of ether oxygens (including phenoxy) is 1. The van der Waals surface area contributed by atoms with Crippen molar-refractivity contribution in [2.75, 3.05) is 13.6 Å². The van der Waals surface area contributed by atoms with Gasteiger partial charge in [-0.2, -0.15) is 0 Å². The second kappa shape index (κ2) is 6.48. The molecule has 1 aromatic carbocycles. The quantitative estimate of drug-likeness (QED) is 0.897. The molecule has 1 aliphatic heterocycles. The first-order chi connectivity index (χ1) is 10.3. The average Bonchev–Trinajstić information content (AvgIpc) is 2.71. The largest absolute Gasteiger partial charge is 0.481 e. The summed E-state index contributed by atoms with van der Waals surface area (Å²) in [5.74, 6) is 0.853. The van der Waals surface area contributed by atoms with Gasteiger partial charge in [-0.05, 0) is 68.8 Å². The van der Waals surface area contributed by atoms with Gasteiger partial charge in [0.15, 0.2) is 6.10 Å². The molecule has 1 fully saturated rings. The van der Waals surface area contributed by atoms with Crippen molar-refractivity contribution in [2.24, 2.45) is 0 Å². The van der Waals surface area contributed by atoms with E-state index >= 15 is 0 Å². The van der Waals surface area contributed by atoms with E-state index in [1.807, 2.05) is 13.1 Å². The Bertz CT molecular complexity index is 516. The molecule has 3 rings (SSSR count). The van der Waals surface area contributed by atoms with Gasteiger partial charge >= 0.3 is 0 Å². The molecule has 2 atom stereocenters. The van der Waals surface area contributed by atoms with Crippen LogP contribution in [-0.4, -0.2) is 25.6 Å². The lowest BCUT2D eigenvalue weighted by Gasteiger charge is -2.26. The lowest BCUT2D eigenvalue weighted by atomic mass is 9.87. The summed E-state index contributed by atoms with van der Waals surface area (Å²) in [5.41, 5.74) is 2.73. The van der Waals surface area contributed by atoms with Crippen LogP contribution in [0.25, 0.3) is 0 Å². The highest BCUT2D eigenvalue weighted by Gasteiger charge is 2.24. The van der Waals surface area contributed by atoms with Crippen molar-refractivity contribution >= 4 is 5.91 Å². The number of carbonyl (C=O) groups excluding carboxylic acids is 1. The monoisotopic (exact) mass is 288 g/mol. The maximum absolute atomic E-state index is 12.0. The van der Waals surface area contributed by atoms with Crippen LogP contribution in [0.4, 0.5) is 0 Å². The van der Waals surface area contributed by atoms with Crippen molar-refractivity contribution in [1.82, 2.24) is 10.6 Å². The van der Waals surface area contributed by atoms with Gasteiger partial charge in [-0.3, -0.25) is 4.79 Å². The number of fused-ring (bicyclic) bond motifs is 1. The van der Waals surface area contributed by atoms with Crippen molar-refractivity contribution in [3.05, 3.63) is 29.3 Å². The van der Waals surface area contributed by atoms with Crippen LogP contribution in [0, 0.1) is 0 Å². The van der Waals surface area contributed by atoms with Crippen molar-refractivity contribution in [1.29, 1.82) is 0 Å². The lowest BCUT2D eigenvalue weighted by Crippen LogP contribution is -2.36. The first-order valence-electron chi connectivity index (χ1n) is 8.02. The zero-order chi connectivity index (χ0) is 14.7. The van der Waals surface area contributed by atoms with Crippen LogP contribution in [0.1, 0.15) is 49.3 Å². The molecule has 0 spiro atoms. The fourth-order valence-electron chi connectivity index (χ4n) is 3.35. The molecule has 2 aliphatic rings. The van der Waals surface area contributed by atoms with Gasteiger partial charge in [0.1, 0.15) is 5.75 Å². The molecule has 2 unspecified atom stereocenters. The summed E-state index contributed by atoms with van der Waals surface area (Å²) in [4.78, 5) is 12.0. The molecule has 0 saturated carbocycles. The number of hydrogen-bond donors (Lipinski definition) is 2. The molecule has 1 saturated heterocycles. The standard InChI is InChI=1S/C17H24N2O2/c1-18-15-6-4-5-12-11-13(8-9-14(12)15)21-16-7-2-3-10-19-17(16)20/h8-9,11,15-16,18H,2-7,10H2,1H3,(H,19,20). The van der Waals surface area contributed by atoms with E-state index in [9.17, 15) is 4.79 Å². The number of hydrogen-bond acceptors (Lipinski definition) is 3. The first-order valence-corrected chi connectivity index (χ1v) is 8.02. The fourth-order valence-corrected chi connectivity index (χ4v) is 3.35. The van der Waals surface area contributed by atoms with Gasteiger partial charge < -0.3 is 15.4 Å². The summed E-state index contributed by atoms with van der Waals surface area (Å²) < 4.78 is 5.95. The van der Waals surface area contributed by atoms with Gasteiger partial charge in [-0.15, -0.1) is 0 Å². The van der Waals surface area contributed by atoms with Gasteiger partial charge in [0, 0.05) is 12.6 Å². The third-order valence-corrected chi connectivity index (χ3v) is 4.54. The van der Waals surface area contributed by atoms with Crippen LogP contribution >= 0.6 is 0 Å². The van der Waals surface area contributed by atoms with E-state index in [-0.39, 0.29) is 12.0 Å². The fraction of sp³-hybridized carbons (Fsp3) is 0.588. The Kier molecular flexibility index (Phi) is 4.44. The highest BCUT2D eigenvalue weighted by molar-refractivity contribution is 5.81. The molecule has 21 heavy (non-hydrogen) atoms. The number of nitrogens with one attached hydrogen (secondary N) is 2. The normalized spacial score (nSPS) is 25.7. The van der Waals surface area contributed by atoms with Crippen molar-refractivity contribution in [2.45, 2.75) is 50.7 Å². The third kappa shape index (κ3) is 3.21. The van der Waals surface area contributed by atoms with Gasteiger partial charge in [-0.25, -0.2) is 0 Å². The van der Waals surface area contributed by atoms with Gasteiger partial charge in [0.05, 0.1) is 0 Å². The highest BCUT2D eigenvalue weighted by Crippen LogP contribution is 2.32. The Morgan fingerprint density at radius 1 is 1.24 bits per heavy atom. The lowest BCUT2D eigenvalue weighted by molar-refractivity contribution is -0.127. The SMILES string of the molecule is CNC1CCCc2cc(OC3CCCCNC3=O)ccc21. The Morgan fingerprint density at radius 2 is 2.14 bits per heavy atom. The molecular weight excluding hydrogens is 264 g/mol. The van der Waals surface area contributed by atoms with Crippen LogP contribution in [0.15, 0.2) is 18.2 Å². The molecule has 1 aromatic rings. The first kappa shape index (κ1) is 14.4. The molecule has 0 radical (unpaired) electrons. The summed E-state index contributed by atoms with van der Waals surface area (Å²) in [5, 5.41) is 6.29. The van der Waals surface area contributed by atoms with Crippen LogP contribution < -0.4 is 15.4 Å². The van der Waals surface area contributed by atoms with E-state index in [0.717, 1.165) is 38.0 Å². The second-order valence-corrected chi connectivity index (χ2v) is 5.99. The topological polar surface area (TPSA) is 50.4 Å². The molecule has 2 N–H and O–H groups in total. The molecular formula is C17H24N2O2.